The van der Waals surface area contributed by atoms with E-state index < -0.39 is 11.9 Å². The molecule has 2 aromatic carbocycles. The predicted octanol–water partition coefficient (Wildman–Crippen LogP) is 3.48. The fourth-order valence-corrected chi connectivity index (χ4v) is 3.74. The Morgan fingerprint density at radius 2 is 1.53 bits per heavy atom. The molecular formula is C27H31N3O6. The first-order valence-corrected chi connectivity index (χ1v) is 11.8. The minimum Gasteiger partial charge on any atom is -0.478 e. The minimum atomic E-state index is -1.26. The van der Waals surface area contributed by atoms with Gasteiger partial charge in [0.05, 0.1) is 24.0 Å². The van der Waals surface area contributed by atoms with Crippen molar-refractivity contribution in [3.63, 3.8) is 0 Å². The number of aliphatic hydroxyl groups is 1. The van der Waals surface area contributed by atoms with Gasteiger partial charge in [0.1, 0.15) is 0 Å². The summed E-state index contributed by atoms with van der Waals surface area (Å²) in [6.45, 7) is 3.57. The van der Waals surface area contributed by atoms with Crippen molar-refractivity contribution >= 4 is 11.9 Å². The van der Waals surface area contributed by atoms with Crippen LogP contribution in [0.15, 0.2) is 79.0 Å². The molecule has 0 unspecified atom stereocenters. The molecule has 0 spiro atoms. The van der Waals surface area contributed by atoms with E-state index in [0.717, 1.165) is 55.7 Å². The maximum absolute atomic E-state index is 9.62. The molecule has 1 aliphatic rings. The summed E-state index contributed by atoms with van der Waals surface area (Å²) in [5.41, 5.74) is 3.12. The number of carbonyl (C=O) groups is 2. The van der Waals surface area contributed by atoms with Crippen LogP contribution in [0, 0.1) is 0 Å². The van der Waals surface area contributed by atoms with Crippen molar-refractivity contribution < 1.29 is 29.6 Å². The molecule has 0 saturated carbocycles. The Labute approximate surface area is 209 Å². The van der Waals surface area contributed by atoms with Gasteiger partial charge in [-0.25, -0.2) is 14.3 Å². The van der Waals surface area contributed by atoms with Crippen molar-refractivity contribution in [3.8, 4) is 22.7 Å². The third kappa shape index (κ3) is 8.68. The molecule has 9 nitrogen and oxygen atoms in total. The Balaban J connectivity index is 0.000000392. The second-order valence-corrected chi connectivity index (χ2v) is 8.28. The maximum atomic E-state index is 9.62. The minimum absolute atomic E-state index is 0.122. The van der Waals surface area contributed by atoms with E-state index in [9.17, 15) is 14.7 Å². The van der Waals surface area contributed by atoms with Gasteiger partial charge in [-0.2, -0.15) is 0 Å². The second kappa shape index (κ2) is 13.8. The Morgan fingerprint density at radius 1 is 0.944 bits per heavy atom. The third-order valence-electron chi connectivity index (χ3n) is 5.57. The molecule has 0 atom stereocenters. The average molecular weight is 494 g/mol. The summed E-state index contributed by atoms with van der Waals surface area (Å²) in [6.07, 6.45) is 5.73. The number of para-hydroxylation sites is 1. The standard InChI is InChI=1S/C23H27N3O2.C4H4O4/c27-21-12-15-25(16-13-21)14-7-17-28-23-22(19-8-3-1-4-9-19)18-26(24-23)20-10-5-2-6-11-20;5-3(6)1-2-4(7)8/h1-6,8-11,18,21,27H,7,12-17H2;1-2H,(H,5,6)(H,7,8)/b;2-1+. The monoisotopic (exact) mass is 493 g/mol. The van der Waals surface area contributed by atoms with Gasteiger partial charge in [-0.3, -0.25) is 0 Å². The summed E-state index contributed by atoms with van der Waals surface area (Å²) in [4.78, 5) is 21.5. The molecule has 1 saturated heterocycles. The highest BCUT2D eigenvalue weighted by molar-refractivity contribution is 5.89. The first-order chi connectivity index (χ1) is 17.4. The van der Waals surface area contributed by atoms with Gasteiger partial charge in [0.15, 0.2) is 0 Å². The molecule has 0 aliphatic carbocycles. The molecule has 9 heteroatoms. The largest absolute Gasteiger partial charge is 0.478 e. The fraction of sp³-hybridized carbons (Fsp3) is 0.296. The van der Waals surface area contributed by atoms with Crippen LogP contribution in [0.4, 0.5) is 0 Å². The smallest absolute Gasteiger partial charge is 0.328 e. The van der Waals surface area contributed by atoms with Gasteiger partial charge in [-0.05, 0) is 37.0 Å². The zero-order chi connectivity index (χ0) is 25.8. The normalized spacial score (nSPS) is 14.2. The quantitative estimate of drug-likeness (QED) is 0.306. The molecule has 3 aromatic rings. The number of carboxylic acid groups (broad SMARTS) is 2. The number of aromatic nitrogens is 2. The van der Waals surface area contributed by atoms with E-state index >= 15 is 0 Å². The van der Waals surface area contributed by atoms with Crippen LogP contribution in [0.25, 0.3) is 16.8 Å². The first kappa shape index (κ1) is 26.7. The molecule has 0 bridgehead atoms. The van der Waals surface area contributed by atoms with Crippen LogP contribution in [0.5, 0.6) is 5.88 Å². The van der Waals surface area contributed by atoms with Crippen molar-refractivity contribution in [2.24, 2.45) is 0 Å². The maximum Gasteiger partial charge on any atom is 0.328 e. The van der Waals surface area contributed by atoms with Crippen LogP contribution in [0.2, 0.25) is 0 Å². The topological polar surface area (TPSA) is 125 Å². The molecule has 1 fully saturated rings. The van der Waals surface area contributed by atoms with Gasteiger partial charge in [-0.1, -0.05) is 48.5 Å². The van der Waals surface area contributed by atoms with E-state index in [-0.39, 0.29) is 6.10 Å². The number of aliphatic carboxylic acids is 2. The lowest BCUT2D eigenvalue weighted by Gasteiger charge is -2.29. The Kier molecular flexibility index (Phi) is 10.2. The van der Waals surface area contributed by atoms with Crippen LogP contribution in [0.1, 0.15) is 19.3 Å². The number of piperidine rings is 1. The van der Waals surface area contributed by atoms with Crippen LogP contribution in [-0.4, -0.2) is 74.3 Å². The average Bonchev–Trinajstić information content (AvgIpc) is 3.32. The molecule has 3 N–H and O–H groups in total. The lowest BCUT2D eigenvalue weighted by molar-refractivity contribution is -0.134. The number of benzene rings is 2. The van der Waals surface area contributed by atoms with Gasteiger partial charge in [0.25, 0.3) is 0 Å². The number of ether oxygens (including phenoxy) is 1. The van der Waals surface area contributed by atoms with Crippen LogP contribution >= 0.6 is 0 Å². The summed E-state index contributed by atoms with van der Waals surface area (Å²) < 4.78 is 7.98. The lowest BCUT2D eigenvalue weighted by Crippen LogP contribution is -2.36. The zero-order valence-electron chi connectivity index (χ0n) is 19.9. The summed E-state index contributed by atoms with van der Waals surface area (Å²) in [6, 6.07) is 20.3. The number of carboxylic acids is 2. The molecule has 1 aromatic heterocycles. The molecule has 36 heavy (non-hydrogen) atoms. The van der Waals surface area contributed by atoms with Crippen LogP contribution in [-0.2, 0) is 9.59 Å². The number of rotatable bonds is 9. The predicted molar refractivity (Wildman–Crippen MR) is 135 cm³/mol. The molecule has 4 rings (SSSR count). The molecule has 2 heterocycles. The molecule has 190 valence electrons. The Hall–Kier alpha value is -3.95. The molecule has 0 radical (unpaired) electrons. The van der Waals surface area contributed by atoms with Crippen molar-refractivity contribution in [3.05, 3.63) is 79.0 Å². The highest BCUT2D eigenvalue weighted by Crippen LogP contribution is 2.30. The molecule has 0 amide bonds. The second-order valence-electron chi connectivity index (χ2n) is 8.28. The van der Waals surface area contributed by atoms with Crippen molar-refractivity contribution in [1.29, 1.82) is 0 Å². The van der Waals surface area contributed by atoms with Crippen molar-refractivity contribution in [1.82, 2.24) is 14.7 Å². The van der Waals surface area contributed by atoms with Gasteiger partial charge < -0.3 is 25.0 Å². The van der Waals surface area contributed by atoms with Gasteiger partial charge in [0.2, 0.25) is 5.88 Å². The summed E-state index contributed by atoms with van der Waals surface area (Å²) in [5, 5.41) is 29.9. The lowest BCUT2D eigenvalue weighted by atomic mass is 10.1. The van der Waals surface area contributed by atoms with Crippen LogP contribution in [0.3, 0.4) is 0 Å². The van der Waals surface area contributed by atoms with E-state index in [4.69, 9.17) is 20.0 Å². The first-order valence-electron chi connectivity index (χ1n) is 11.8. The number of likely N-dealkylation sites (tertiary alicyclic amines) is 1. The van der Waals surface area contributed by atoms with Crippen molar-refractivity contribution in [2.75, 3.05) is 26.2 Å². The summed E-state index contributed by atoms with van der Waals surface area (Å²) in [7, 11) is 0. The third-order valence-corrected chi connectivity index (χ3v) is 5.57. The van der Waals surface area contributed by atoms with Gasteiger partial charge in [0, 0.05) is 38.0 Å². The number of nitrogens with zero attached hydrogens (tertiary/aromatic N) is 3. The van der Waals surface area contributed by atoms with E-state index in [1.54, 1.807) is 0 Å². The highest BCUT2D eigenvalue weighted by atomic mass is 16.5. The highest BCUT2D eigenvalue weighted by Gasteiger charge is 2.17. The van der Waals surface area contributed by atoms with E-state index in [1.165, 1.54) is 0 Å². The molecule has 1 aliphatic heterocycles. The van der Waals surface area contributed by atoms with E-state index in [2.05, 4.69) is 17.0 Å². The Bertz CT molecular complexity index is 1110. The molecular weight excluding hydrogens is 462 g/mol. The van der Waals surface area contributed by atoms with E-state index in [1.807, 2.05) is 59.4 Å². The van der Waals surface area contributed by atoms with Gasteiger partial charge in [-0.15, -0.1) is 5.10 Å². The number of aliphatic hydroxyl groups excluding tert-OH is 1. The zero-order valence-corrected chi connectivity index (χ0v) is 19.9. The SMILES string of the molecule is O=C(O)/C=C/C(=O)O.OC1CCN(CCCOc2nn(-c3ccccc3)cc2-c2ccccc2)CC1. The fourth-order valence-electron chi connectivity index (χ4n) is 3.74. The number of hydrogen-bond donors (Lipinski definition) is 3. The van der Waals surface area contributed by atoms with E-state index in [0.29, 0.717) is 24.6 Å². The number of hydrogen-bond acceptors (Lipinski definition) is 6. The summed E-state index contributed by atoms with van der Waals surface area (Å²) in [5.74, 6) is -1.84. The van der Waals surface area contributed by atoms with Gasteiger partial charge >= 0.3 is 11.9 Å². The summed E-state index contributed by atoms with van der Waals surface area (Å²) >= 11 is 0. The Morgan fingerprint density at radius 3 is 2.11 bits per heavy atom. The van der Waals surface area contributed by atoms with Crippen molar-refractivity contribution in [2.45, 2.75) is 25.4 Å². The van der Waals surface area contributed by atoms with Crippen LogP contribution < -0.4 is 4.74 Å².